The van der Waals surface area contributed by atoms with E-state index in [1.165, 1.54) is 11.8 Å². The molecule has 0 aliphatic heterocycles. The molecule has 0 fully saturated rings. The second kappa shape index (κ2) is 13.9. The Kier molecular flexibility index (Phi) is 11.3. The number of nitrogens with zero attached hydrogens (tertiary/aromatic N) is 1. The topological polar surface area (TPSA) is 147 Å². The summed E-state index contributed by atoms with van der Waals surface area (Å²) < 4.78 is 5.68. The zero-order valence-electron chi connectivity index (χ0n) is 18.4. The molecule has 2 rings (SSSR count). The molecule has 1 amide bonds. The van der Waals surface area contributed by atoms with Gasteiger partial charge in [-0.15, -0.1) is 0 Å². The Morgan fingerprint density at radius 2 is 2.09 bits per heavy atom. The molecule has 2 atom stereocenters. The normalized spacial score (nSPS) is 12.6. The molecule has 33 heavy (non-hydrogen) atoms. The lowest BCUT2D eigenvalue weighted by Gasteiger charge is -2.17. The molecule has 0 spiro atoms. The average Bonchev–Trinajstić information content (AvgIpc) is 2.83. The molecule has 1 heterocycles. The van der Waals surface area contributed by atoms with Crippen molar-refractivity contribution in [2.45, 2.75) is 25.1 Å². The van der Waals surface area contributed by atoms with E-state index >= 15 is 0 Å². The van der Waals surface area contributed by atoms with Gasteiger partial charge in [-0.1, -0.05) is 18.2 Å². The monoisotopic (exact) mass is 494 g/mol. The van der Waals surface area contributed by atoms with Crippen molar-refractivity contribution in [1.29, 1.82) is 0 Å². The molecular formula is C22H30N4O5S2. The first-order valence-corrected chi connectivity index (χ1v) is 12.4. The van der Waals surface area contributed by atoms with E-state index in [1.54, 1.807) is 18.2 Å². The average molecular weight is 495 g/mol. The van der Waals surface area contributed by atoms with Gasteiger partial charge < -0.3 is 31.3 Å². The summed E-state index contributed by atoms with van der Waals surface area (Å²) in [6.07, 6.45) is 2.18. The summed E-state index contributed by atoms with van der Waals surface area (Å²) in [6.45, 7) is -0.0771. The Labute approximate surface area is 202 Å². The van der Waals surface area contributed by atoms with Crippen molar-refractivity contribution in [3.05, 3.63) is 42.0 Å². The van der Waals surface area contributed by atoms with Crippen LogP contribution in [0.5, 0.6) is 5.88 Å². The number of carboxylic acid groups (broad SMARTS) is 1. The molecule has 11 heteroatoms. The number of thiol groups is 1. The van der Waals surface area contributed by atoms with Crippen LogP contribution in [0.3, 0.4) is 0 Å². The van der Waals surface area contributed by atoms with Crippen molar-refractivity contribution in [3.63, 3.8) is 0 Å². The second-order valence-corrected chi connectivity index (χ2v) is 8.61. The molecule has 2 aromatic rings. The number of hydrogen-bond donors (Lipinski definition) is 6. The Morgan fingerprint density at radius 3 is 2.76 bits per heavy atom. The van der Waals surface area contributed by atoms with Crippen LogP contribution in [0.2, 0.25) is 0 Å². The second-order valence-electron chi connectivity index (χ2n) is 7.26. The molecule has 0 aliphatic carbocycles. The van der Waals surface area contributed by atoms with Crippen LogP contribution < -0.4 is 21.1 Å². The van der Waals surface area contributed by atoms with Gasteiger partial charge in [0.2, 0.25) is 5.88 Å². The summed E-state index contributed by atoms with van der Waals surface area (Å²) in [5.74, 6) is -0.383. The minimum atomic E-state index is -1.09. The van der Waals surface area contributed by atoms with Crippen LogP contribution in [0.1, 0.15) is 12.0 Å². The van der Waals surface area contributed by atoms with Gasteiger partial charge in [0.05, 0.1) is 18.0 Å². The lowest BCUT2D eigenvalue weighted by Crippen LogP contribution is -2.43. The maximum absolute atomic E-state index is 12.3. The third kappa shape index (κ3) is 8.77. The lowest BCUT2D eigenvalue weighted by atomic mass is 10.1. The molecule has 0 bridgehead atoms. The van der Waals surface area contributed by atoms with Crippen LogP contribution in [0, 0.1) is 0 Å². The number of rotatable bonds is 14. The Morgan fingerprint density at radius 1 is 1.30 bits per heavy atom. The third-order valence-electron chi connectivity index (χ3n) is 4.64. The first kappa shape index (κ1) is 26.8. The van der Waals surface area contributed by atoms with E-state index in [-0.39, 0.29) is 18.5 Å². The quantitative estimate of drug-likeness (QED) is 0.216. The summed E-state index contributed by atoms with van der Waals surface area (Å²) in [5, 5.41) is 24.3. The van der Waals surface area contributed by atoms with E-state index in [0.717, 1.165) is 11.1 Å². The molecular weight excluding hydrogens is 464 g/mol. The van der Waals surface area contributed by atoms with Gasteiger partial charge in [-0.25, -0.2) is 9.78 Å². The molecule has 1 aromatic carbocycles. The van der Waals surface area contributed by atoms with Crippen LogP contribution in [0.4, 0.5) is 5.69 Å². The highest BCUT2D eigenvalue weighted by Crippen LogP contribution is 2.28. The van der Waals surface area contributed by atoms with E-state index in [4.69, 9.17) is 10.5 Å². The SMILES string of the molecule is CSCC[C@H](NC(=O)COc1nc(-c2cccc(CO)c2)ccc1NCC(N)CS)C(=O)O. The number of carbonyl (C=O) groups excluding carboxylic acids is 1. The number of aliphatic carboxylic acids is 1. The lowest BCUT2D eigenvalue weighted by molar-refractivity contribution is -0.142. The minimum absolute atomic E-state index is 0.0973. The molecule has 1 aromatic heterocycles. The number of pyridine rings is 1. The maximum atomic E-state index is 12.3. The third-order valence-corrected chi connectivity index (χ3v) is 5.75. The van der Waals surface area contributed by atoms with Gasteiger partial charge in [-0.05, 0) is 42.2 Å². The van der Waals surface area contributed by atoms with Crippen molar-refractivity contribution in [3.8, 4) is 17.1 Å². The number of aliphatic hydroxyl groups excluding tert-OH is 1. The number of thioether (sulfide) groups is 1. The summed E-state index contributed by atoms with van der Waals surface area (Å²) in [6, 6.07) is 9.66. The highest BCUT2D eigenvalue weighted by Gasteiger charge is 2.20. The van der Waals surface area contributed by atoms with Gasteiger partial charge >= 0.3 is 5.97 Å². The van der Waals surface area contributed by atoms with E-state index in [2.05, 4.69) is 28.2 Å². The molecule has 0 saturated heterocycles. The number of hydrogen-bond acceptors (Lipinski definition) is 9. The molecule has 1 unspecified atom stereocenters. The summed E-state index contributed by atoms with van der Waals surface area (Å²) >= 11 is 5.68. The van der Waals surface area contributed by atoms with E-state index in [0.29, 0.717) is 35.9 Å². The van der Waals surface area contributed by atoms with Gasteiger partial charge in [0.1, 0.15) is 6.04 Å². The van der Waals surface area contributed by atoms with Gasteiger partial charge in [0.25, 0.3) is 5.91 Å². The zero-order chi connectivity index (χ0) is 24.2. The first-order chi connectivity index (χ1) is 15.9. The Hall–Kier alpha value is -2.47. The first-order valence-electron chi connectivity index (χ1n) is 10.3. The molecule has 0 radical (unpaired) electrons. The number of nitrogens with one attached hydrogen (secondary N) is 2. The molecule has 0 aliphatic rings. The van der Waals surface area contributed by atoms with E-state index in [1.807, 2.05) is 24.5 Å². The van der Waals surface area contributed by atoms with E-state index in [9.17, 15) is 19.8 Å². The highest BCUT2D eigenvalue weighted by atomic mass is 32.2. The van der Waals surface area contributed by atoms with Crippen LogP contribution in [0.25, 0.3) is 11.3 Å². The van der Waals surface area contributed by atoms with Crippen molar-refractivity contribution >= 4 is 42.0 Å². The maximum Gasteiger partial charge on any atom is 0.326 e. The largest absolute Gasteiger partial charge is 0.480 e. The van der Waals surface area contributed by atoms with Crippen molar-refractivity contribution < 1.29 is 24.5 Å². The van der Waals surface area contributed by atoms with Gasteiger partial charge in [0.15, 0.2) is 6.61 Å². The number of amides is 1. The minimum Gasteiger partial charge on any atom is -0.480 e. The standard InChI is InChI=1S/C22H30N4O5S2/c1-33-8-7-19(22(29)30)25-20(28)12-31-21-18(24-10-16(23)13-32)6-5-17(26-21)15-4-2-3-14(9-15)11-27/h2-6,9,16,19,24,27,32H,7-8,10-13,23H2,1H3,(H,25,28)(H,29,30)/t16?,19-/m0/s1. The number of carbonyl (C=O) groups is 2. The van der Waals surface area contributed by atoms with Crippen molar-refractivity contribution in [1.82, 2.24) is 10.3 Å². The summed E-state index contributed by atoms with van der Waals surface area (Å²) in [5.41, 5.74) is 8.57. The van der Waals surface area contributed by atoms with Gasteiger partial charge in [-0.3, -0.25) is 4.79 Å². The van der Waals surface area contributed by atoms with Crippen LogP contribution in [0.15, 0.2) is 36.4 Å². The molecule has 0 saturated carbocycles. The number of aliphatic hydroxyl groups is 1. The number of benzene rings is 1. The fourth-order valence-corrected chi connectivity index (χ4v) is 3.44. The van der Waals surface area contributed by atoms with Crippen LogP contribution in [-0.2, 0) is 16.2 Å². The predicted octanol–water partition coefficient (Wildman–Crippen LogP) is 1.61. The number of anilines is 1. The number of nitrogens with two attached hydrogens (primary N) is 1. The number of carboxylic acids is 1. The van der Waals surface area contributed by atoms with Crippen molar-refractivity contribution in [2.75, 3.05) is 36.2 Å². The van der Waals surface area contributed by atoms with Gasteiger partial charge in [-0.2, -0.15) is 24.4 Å². The van der Waals surface area contributed by atoms with Gasteiger partial charge in [0, 0.05) is 23.9 Å². The van der Waals surface area contributed by atoms with Crippen LogP contribution >= 0.6 is 24.4 Å². The Balaban J connectivity index is 2.19. The fraction of sp³-hybridized carbons (Fsp3) is 0.409. The predicted molar refractivity (Wildman–Crippen MR) is 134 cm³/mol. The smallest absolute Gasteiger partial charge is 0.326 e. The van der Waals surface area contributed by atoms with E-state index < -0.39 is 24.5 Å². The fourth-order valence-electron chi connectivity index (χ4n) is 2.84. The number of ether oxygens (including phenoxy) is 1. The van der Waals surface area contributed by atoms with Crippen molar-refractivity contribution in [2.24, 2.45) is 5.73 Å². The zero-order valence-corrected chi connectivity index (χ0v) is 20.1. The molecule has 9 nitrogen and oxygen atoms in total. The molecule has 6 N–H and O–H groups in total. The Bertz CT molecular complexity index is 931. The number of aromatic nitrogens is 1. The summed E-state index contributed by atoms with van der Waals surface area (Å²) in [4.78, 5) is 28.3. The molecule has 180 valence electrons. The summed E-state index contributed by atoms with van der Waals surface area (Å²) in [7, 11) is 0. The highest BCUT2D eigenvalue weighted by molar-refractivity contribution is 7.98. The van der Waals surface area contributed by atoms with Crippen LogP contribution in [-0.4, -0.2) is 70.1 Å².